The molecule has 0 bridgehead atoms. The van der Waals surface area contributed by atoms with Gasteiger partial charge in [0.1, 0.15) is 17.4 Å². The molecule has 1 aromatic heterocycles. The van der Waals surface area contributed by atoms with Crippen molar-refractivity contribution >= 4 is 5.82 Å². The van der Waals surface area contributed by atoms with Crippen molar-refractivity contribution < 1.29 is 4.74 Å². The van der Waals surface area contributed by atoms with Crippen LogP contribution in [0.25, 0.3) is 11.3 Å². The van der Waals surface area contributed by atoms with E-state index >= 15 is 0 Å². The fourth-order valence-corrected chi connectivity index (χ4v) is 2.55. The molecule has 1 unspecified atom stereocenters. The summed E-state index contributed by atoms with van der Waals surface area (Å²) in [5.74, 6) is 2.34. The van der Waals surface area contributed by atoms with Gasteiger partial charge in [0.15, 0.2) is 0 Å². The predicted octanol–water partition coefficient (Wildman–Crippen LogP) is 4.43. The first kappa shape index (κ1) is 16.0. The Bertz CT molecular complexity index is 818. The van der Waals surface area contributed by atoms with Gasteiger partial charge in [0.2, 0.25) is 0 Å². The van der Waals surface area contributed by atoms with Crippen LogP contribution in [0, 0.1) is 13.0 Å². The molecule has 1 heterocycles. The van der Waals surface area contributed by atoms with E-state index in [2.05, 4.69) is 34.3 Å². The van der Waals surface area contributed by atoms with Crippen molar-refractivity contribution in [2.45, 2.75) is 19.9 Å². The Balaban J connectivity index is 1.89. The second kappa shape index (κ2) is 7.13. The summed E-state index contributed by atoms with van der Waals surface area (Å²) >= 11 is 0. The van der Waals surface area contributed by atoms with Gasteiger partial charge in [0, 0.05) is 17.7 Å². The fourth-order valence-electron chi connectivity index (χ4n) is 2.55. The van der Waals surface area contributed by atoms with Gasteiger partial charge >= 0.3 is 0 Å². The van der Waals surface area contributed by atoms with Crippen molar-refractivity contribution in [3.8, 4) is 17.0 Å². The van der Waals surface area contributed by atoms with Crippen LogP contribution in [-0.2, 0) is 0 Å². The first-order chi connectivity index (χ1) is 11.7. The van der Waals surface area contributed by atoms with E-state index in [-0.39, 0.29) is 6.04 Å². The molecule has 0 amide bonds. The van der Waals surface area contributed by atoms with E-state index < -0.39 is 0 Å². The van der Waals surface area contributed by atoms with Crippen LogP contribution in [0.3, 0.4) is 0 Å². The first-order valence-corrected chi connectivity index (χ1v) is 7.88. The van der Waals surface area contributed by atoms with Crippen LogP contribution >= 0.6 is 0 Å². The minimum Gasteiger partial charge on any atom is -0.497 e. The molecule has 4 heteroatoms. The van der Waals surface area contributed by atoms with Crippen LogP contribution in [0.15, 0.2) is 54.6 Å². The van der Waals surface area contributed by atoms with Crippen molar-refractivity contribution in [1.82, 2.24) is 9.97 Å². The molecule has 121 valence electrons. The fraction of sp³-hybridized carbons (Fsp3) is 0.200. The largest absolute Gasteiger partial charge is 0.497 e. The highest BCUT2D eigenvalue weighted by Crippen LogP contribution is 2.25. The Labute approximate surface area is 142 Å². The number of anilines is 1. The number of nitrogens with one attached hydrogen (secondary N) is 1. The molecule has 3 rings (SSSR count). The molecule has 0 fully saturated rings. The van der Waals surface area contributed by atoms with E-state index in [0.717, 1.165) is 34.2 Å². The van der Waals surface area contributed by atoms with Crippen molar-refractivity contribution in [3.63, 3.8) is 0 Å². The van der Waals surface area contributed by atoms with Gasteiger partial charge in [-0.1, -0.05) is 30.3 Å². The summed E-state index contributed by atoms with van der Waals surface area (Å²) < 4.78 is 5.30. The molecule has 4 nitrogen and oxygen atoms in total. The minimum absolute atomic E-state index is 0.134. The van der Waals surface area contributed by atoms with E-state index in [0.29, 0.717) is 0 Å². The zero-order chi connectivity index (χ0) is 16.9. The van der Waals surface area contributed by atoms with Gasteiger partial charge in [-0.25, -0.2) is 9.97 Å². The predicted molar refractivity (Wildman–Crippen MR) is 96.1 cm³/mol. The quantitative estimate of drug-likeness (QED) is 0.756. The van der Waals surface area contributed by atoms with Crippen LogP contribution in [0.1, 0.15) is 24.4 Å². The van der Waals surface area contributed by atoms with Crippen LogP contribution in [0.5, 0.6) is 5.75 Å². The number of hydrogen-bond acceptors (Lipinski definition) is 4. The standard InChI is InChI=1S/C20H20N3O/c1-14(16-8-5-4-6-9-16)21-20-13-19(22-15(2)23-20)17-10-7-11-18(12-17)24-3/h4-5,7-14H,1-3H3,(H,21,22,23). The van der Waals surface area contributed by atoms with Crippen LogP contribution in [0.2, 0.25) is 0 Å². The van der Waals surface area contributed by atoms with Gasteiger partial charge in [0.05, 0.1) is 12.8 Å². The Hall–Kier alpha value is -2.88. The van der Waals surface area contributed by atoms with Crippen LogP contribution < -0.4 is 10.1 Å². The molecule has 0 aliphatic carbocycles. The summed E-state index contributed by atoms with van der Waals surface area (Å²) in [6.07, 6.45) is 0. The summed E-state index contributed by atoms with van der Waals surface area (Å²) in [6.45, 7) is 4.00. The summed E-state index contributed by atoms with van der Waals surface area (Å²) in [5.41, 5.74) is 3.04. The first-order valence-electron chi connectivity index (χ1n) is 7.88. The van der Waals surface area contributed by atoms with Crippen molar-refractivity contribution in [2.75, 3.05) is 12.4 Å². The smallest absolute Gasteiger partial charge is 0.130 e. The lowest BCUT2D eigenvalue weighted by molar-refractivity contribution is 0.415. The second-order valence-electron chi connectivity index (χ2n) is 5.62. The number of nitrogens with zero attached hydrogens (tertiary/aromatic N) is 2. The Morgan fingerprint density at radius 3 is 2.75 bits per heavy atom. The number of benzene rings is 2. The van der Waals surface area contributed by atoms with Gasteiger partial charge < -0.3 is 10.1 Å². The van der Waals surface area contributed by atoms with E-state index in [4.69, 9.17) is 4.74 Å². The van der Waals surface area contributed by atoms with Crippen molar-refractivity contribution in [3.05, 3.63) is 72.1 Å². The highest BCUT2D eigenvalue weighted by Gasteiger charge is 2.09. The van der Waals surface area contributed by atoms with Gasteiger partial charge in [-0.15, -0.1) is 0 Å². The monoisotopic (exact) mass is 318 g/mol. The van der Waals surface area contributed by atoms with E-state index in [9.17, 15) is 0 Å². The highest BCUT2D eigenvalue weighted by atomic mass is 16.5. The topological polar surface area (TPSA) is 47.0 Å². The Morgan fingerprint density at radius 1 is 1.12 bits per heavy atom. The zero-order valence-electron chi connectivity index (χ0n) is 14.1. The number of aromatic nitrogens is 2. The third-order valence-corrected chi connectivity index (χ3v) is 3.80. The lowest BCUT2D eigenvalue weighted by atomic mass is 10.1. The zero-order valence-corrected chi connectivity index (χ0v) is 14.1. The van der Waals surface area contributed by atoms with Crippen molar-refractivity contribution in [2.24, 2.45) is 0 Å². The maximum absolute atomic E-state index is 5.30. The van der Waals surface area contributed by atoms with E-state index in [1.54, 1.807) is 7.11 Å². The third kappa shape index (κ3) is 3.71. The van der Waals surface area contributed by atoms with E-state index in [1.165, 1.54) is 0 Å². The summed E-state index contributed by atoms with van der Waals surface area (Å²) in [4.78, 5) is 9.05. The lowest BCUT2D eigenvalue weighted by Gasteiger charge is -2.16. The van der Waals surface area contributed by atoms with Gasteiger partial charge in [0.25, 0.3) is 0 Å². The molecule has 3 aromatic rings. The number of methoxy groups -OCH3 is 1. The SMILES string of the molecule is COc1cccc(-c2cc(NC(C)c3c[c]ccc3)nc(C)n2)c1. The third-order valence-electron chi connectivity index (χ3n) is 3.80. The van der Waals surface area contributed by atoms with Gasteiger partial charge in [-0.2, -0.15) is 0 Å². The molecule has 1 atom stereocenters. The summed E-state index contributed by atoms with van der Waals surface area (Å²) in [6, 6.07) is 21.0. The minimum atomic E-state index is 0.134. The molecule has 0 saturated heterocycles. The number of ether oxygens (including phenoxy) is 1. The Morgan fingerprint density at radius 2 is 2.00 bits per heavy atom. The lowest BCUT2D eigenvalue weighted by Crippen LogP contribution is -2.09. The molecule has 2 aromatic carbocycles. The molecule has 0 spiro atoms. The number of aryl methyl sites for hydroxylation is 1. The maximum Gasteiger partial charge on any atom is 0.130 e. The summed E-state index contributed by atoms with van der Waals surface area (Å²) in [5, 5.41) is 3.44. The average molecular weight is 318 g/mol. The molecule has 1 N–H and O–H groups in total. The maximum atomic E-state index is 5.30. The number of rotatable bonds is 5. The van der Waals surface area contributed by atoms with Gasteiger partial charge in [-0.05, 0) is 43.7 Å². The highest BCUT2D eigenvalue weighted by molar-refractivity contribution is 5.64. The average Bonchev–Trinajstić information content (AvgIpc) is 2.62. The van der Waals surface area contributed by atoms with Gasteiger partial charge in [-0.3, -0.25) is 0 Å². The summed E-state index contributed by atoms with van der Waals surface area (Å²) in [7, 11) is 1.66. The number of hydrogen-bond donors (Lipinski definition) is 1. The van der Waals surface area contributed by atoms with Crippen LogP contribution in [0.4, 0.5) is 5.82 Å². The molecular formula is C20H20N3O. The molecule has 0 saturated carbocycles. The molecule has 0 aliphatic rings. The van der Waals surface area contributed by atoms with Crippen LogP contribution in [-0.4, -0.2) is 17.1 Å². The Kier molecular flexibility index (Phi) is 4.75. The molecule has 1 radical (unpaired) electrons. The molecule has 0 aliphatic heterocycles. The van der Waals surface area contributed by atoms with E-state index in [1.807, 2.05) is 55.5 Å². The van der Waals surface area contributed by atoms with Crippen molar-refractivity contribution in [1.29, 1.82) is 0 Å². The molecule has 24 heavy (non-hydrogen) atoms. The molecular weight excluding hydrogens is 298 g/mol. The second-order valence-corrected chi connectivity index (χ2v) is 5.62. The normalized spacial score (nSPS) is 11.8.